The van der Waals surface area contributed by atoms with E-state index in [1.807, 2.05) is 18.2 Å². The summed E-state index contributed by atoms with van der Waals surface area (Å²) in [5.41, 5.74) is 1.77. The summed E-state index contributed by atoms with van der Waals surface area (Å²) in [5.74, 6) is -0.262. The van der Waals surface area contributed by atoms with Gasteiger partial charge in [0.15, 0.2) is 5.11 Å². The first-order valence-corrected chi connectivity index (χ1v) is 11.3. The van der Waals surface area contributed by atoms with Crippen molar-refractivity contribution in [2.75, 3.05) is 50.1 Å². The first kappa shape index (κ1) is 23.9. The van der Waals surface area contributed by atoms with Gasteiger partial charge in [-0.05, 0) is 43.0 Å². The molecule has 0 saturated carbocycles. The number of carbonyl (C=O) groups excluding carboxylic acids is 1. The lowest BCUT2D eigenvalue weighted by Gasteiger charge is -2.37. The number of hydrogen-bond acceptors (Lipinski definition) is 5. The van der Waals surface area contributed by atoms with Gasteiger partial charge in [-0.15, -0.1) is 0 Å². The number of methoxy groups -OCH3 is 1. The molecule has 1 aliphatic rings. The molecule has 0 atom stereocenters. The van der Waals surface area contributed by atoms with Crippen LogP contribution in [0.25, 0.3) is 0 Å². The van der Waals surface area contributed by atoms with Crippen LogP contribution in [0.4, 0.5) is 11.4 Å². The molecular formula is C21H23Cl3N4O2S. The van der Waals surface area contributed by atoms with Gasteiger partial charge >= 0.3 is 0 Å². The molecule has 6 nitrogen and oxygen atoms in total. The molecule has 0 radical (unpaired) electrons. The number of ether oxygens (including phenoxy) is 1. The molecule has 166 valence electrons. The number of halogens is 3. The first-order valence-electron chi connectivity index (χ1n) is 9.75. The number of likely N-dealkylation sites (N-methyl/N-ethyl adjacent to an activating group) is 1. The van der Waals surface area contributed by atoms with Crippen molar-refractivity contribution in [3.05, 3.63) is 51.0 Å². The second-order valence-electron chi connectivity index (χ2n) is 6.93. The molecule has 1 aliphatic heterocycles. The number of thiocarbonyl (C=S) groups is 1. The van der Waals surface area contributed by atoms with Crippen LogP contribution >= 0.6 is 47.0 Å². The molecule has 1 amide bonds. The van der Waals surface area contributed by atoms with Crippen LogP contribution in [0.5, 0.6) is 5.75 Å². The Morgan fingerprint density at radius 2 is 1.84 bits per heavy atom. The second-order valence-corrected chi connectivity index (χ2v) is 8.59. The quantitative estimate of drug-likeness (QED) is 0.567. The van der Waals surface area contributed by atoms with E-state index in [4.69, 9.17) is 51.8 Å². The molecular weight excluding hydrogens is 479 g/mol. The fourth-order valence-corrected chi connectivity index (χ4v) is 4.55. The molecule has 0 spiro atoms. The van der Waals surface area contributed by atoms with E-state index < -0.39 is 5.91 Å². The predicted molar refractivity (Wildman–Crippen MR) is 132 cm³/mol. The van der Waals surface area contributed by atoms with Gasteiger partial charge in [0.05, 0.1) is 34.1 Å². The van der Waals surface area contributed by atoms with Gasteiger partial charge in [0, 0.05) is 31.2 Å². The van der Waals surface area contributed by atoms with Crippen molar-refractivity contribution in [3.8, 4) is 5.75 Å². The molecule has 0 unspecified atom stereocenters. The average Bonchev–Trinajstić information content (AvgIpc) is 2.73. The number of hydrogen-bond donors (Lipinski definition) is 2. The van der Waals surface area contributed by atoms with Gasteiger partial charge in [-0.1, -0.05) is 47.8 Å². The van der Waals surface area contributed by atoms with Gasteiger partial charge in [-0.25, -0.2) is 0 Å². The summed E-state index contributed by atoms with van der Waals surface area (Å²) in [4.78, 5) is 17.4. The molecule has 0 aromatic heterocycles. The van der Waals surface area contributed by atoms with E-state index >= 15 is 0 Å². The zero-order chi connectivity index (χ0) is 22.5. The van der Waals surface area contributed by atoms with E-state index in [-0.39, 0.29) is 21.4 Å². The number of benzene rings is 2. The van der Waals surface area contributed by atoms with Gasteiger partial charge in [-0.3, -0.25) is 10.1 Å². The Bertz CT molecular complexity index is 981. The predicted octanol–water partition coefficient (Wildman–Crippen LogP) is 4.92. The molecule has 1 heterocycles. The van der Waals surface area contributed by atoms with Crippen LogP contribution in [0.3, 0.4) is 0 Å². The van der Waals surface area contributed by atoms with E-state index in [2.05, 4.69) is 27.4 Å². The molecule has 10 heteroatoms. The first-order chi connectivity index (χ1) is 14.8. The molecule has 3 rings (SSSR count). The van der Waals surface area contributed by atoms with Crippen molar-refractivity contribution in [1.29, 1.82) is 0 Å². The Balaban J connectivity index is 1.76. The highest BCUT2D eigenvalue weighted by Crippen LogP contribution is 2.35. The third-order valence-corrected chi connectivity index (χ3v) is 6.06. The highest BCUT2D eigenvalue weighted by Gasteiger charge is 2.22. The highest BCUT2D eigenvalue weighted by atomic mass is 35.5. The summed E-state index contributed by atoms with van der Waals surface area (Å²) in [6.07, 6.45) is 0. The van der Waals surface area contributed by atoms with Crippen molar-refractivity contribution in [2.45, 2.75) is 6.92 Å². The maximum Gasteiger partial charge on any atom is 0.261 e. The number of anilines is 2. The third-order valence-electron chi connectivity index (χ3n) is 5.05. The van der Waals surface area contributed by atoms with Crippen LogP contribution in [-0.2, 0) is 0 Å². The summed E-state index contributed by atoms with van der Waals surface area (Å²) < 4.78 is 5.24. The van der Waals surface area contributed by atoms with E-state index in [0.717, 1.165) is 44.1 Å². The van der Waals surface area contributed by atoms with Crippen LogP contribution < -0.4 is 20.3 Å². The van der Waals surface area contributed by atoms with Crippen LogP contribution in [0, 0.1) is 0 Å². The summed E-state index contributed by atoms with van der Waals surface area (Å²) in [5, 5.41) is 7.05. The Kier molecular flexibility index (Phi) is 8.24. The van der Waals surface area contributed by atoms with Crippen molar-refractivity contribution < 1.29 is 9.53 Å². The lowest BCUT2D eigenvalue weighted by Crippen LogP contribution is -2.46. The molecule has 0 aliphatic carbocycles. The van der Waals surface area contributed by atoms with Crippen molar-refractivity contribution in [2.24, 2.45) is 0 Å². The molecule has 2 aromatic rings. The Morgan fingerprint density at radius 1 is 1.13 bits per heavy atom. The van der Waals surface area contributed by atoms with Crippen LogP contribution in [0.2, 0.25) is 15.1 Å². The van der Waals surface area contributed by atoms with Gasteiger partial charge in [0.1, 0.15) is 5.75 Å². The molecule has 2 aromatic carbocycles. The maximum absolute atomic E-state index is 12.8. The Hall–Kier alpha value is -1.77. The van der Waals surface area contributed by atoms with E-state index in [1.54, 1.807) is 0 Å². The fraction of sp³-hybridized carbons (Fsp3) is 0.333. The Labute approximate surface area is 202 Å². The van der Waals surface area contributed by atoms with Gasteiger partial charge in [0.25, 0.3) is 5.91 Å². The smallest absolute Gasteiger partial charge is 0.261 e. The molecule has 1 saturated heterocycles. The largest absolute Gasteiger partial charge is 0.494 e. The fourth-order valence-electron chi connectivity index (χ4n) is 3.49. The van der Waals surface area contributed by atoms with Crippen LogP contribution in [0.1, 0.15) is 17.3 Å². The minimum atomic E-state index is -0.487. The zero-order valence-corrected chi connectivity index (χ0v) is 20.3. The normalized spacial score (nSPS) is 14.3. The number of para-hydroxylation sites is 1. The highest BCUT2D eigenvalue weighted by molar-refractivity contribution is 7.80. The van der Waals surface area contributed by atoms with Crippen LogP contribution in [-0.4, -0.2) is 55.8 Å². The second kappa shape index (κ2) is 10.7. The Morgan fingerprint density at radius 3 is 2.48 bits per heavy atom. The number of nitrogens with zero attached hydrogens (tertiary/aromatic N) is 2. The third kappa shape index (κ3) is 5.73. The van der Waals surface area contributed by atoms with Gasteiger partial charge in [-0.2, -0.15) is 0 Å². The van der Waals surface area contributed by atoms with Gasteiger partial charge < -0.3 is 19.9 Å². The van der Waals surface area contributed by atoms with Crippen molar-refractivity contribution in [1.82, 2.24) is 10.2 Å². The van der Waals surface area contributed by atoms with Crippen molar-refractivity contribution in [3.63, 3.8) is 0 Å². The summed E-state index contributed by atoms with van der Waals surface area (Å²) in [7, 11) is 1.43. The molecule has 0 bridgehead atoms. The number of rotatable bonds is 5. The van der Waals surface area contributed by atoms with E-state index in [1.165, 1.54) is 19.2 Å². The summed E-state index contributed by atoms with van der Waals surface area (Å²) in [6, 6.07) is 8.53. The number of piperazine rings is 1. The number of amides is 1. The maximum atomic E-state index is 12.8. The van der Waals surface area contributed by atoms with Gasteiger partial charge in [0.2, 0.25) is 0 Å². The van der Waals surface area contributed by atoms with E-state index in [9.17, 15) is 4.79 Å². The number of carbonyl (C=O) groups is 1. The number of nitrogens with one attached hydrogen (secondary N) is 2. The van der Waals surface area contributed by atoms with E-state index in [0.29, 0.717) is 10.0 Å². The minimum absolute atomic E-state index is 0.124. The standard InChI is InChI=1S/C21H23Cl3N4O2S/c1-3-27-7-9-28(10-8-27)18-15(23)5-4-6-17(18)25-21(31)26-20(29)14-11-13(22)12-16(24)19(14)30-2/h4-6,11-12H,3,7-10H2,1-2H3,(H2,25,26,29,31). The lowest BCUT2D eigenvalue weighted by atomic mass is 10.2. The summed E-state index contributed by atoms with van der Waals surface area (Å²) >= 11 is 24.1. The van der Waals surface area contributed by atoms with Crippen LogP contribution in [0.15, 0.2) is 30.3 Å². The average molecular weight is 502 g/mol. The lowest BCUT2D eigenvalue weighted by molar-refractivity contribution is 0.0975. The summed E-state index contributed by atoms with van der Waals surface area (Å²) in [6.45, 7) is 6.79. The topological polar surface area (TPSA) is 56.8 Å². The van der Waals surface area contributed by atoms with Crippen molar-refractivity contribution >= 4 is 69.4 Å². The molecule has 31 heavy (non-hydrogen) atoms. The zero-order valence-electron chi connectivity index (χ0n) is 17.2. The molecule has 2 N–H and O–H groups in total. The molecule has 1 fully saturated rings. The minimum Gasteiger partial charge on any atom is -0.494 e. The monoisotopic (exact) mass is 500 g/mol. The SMILES string of the molecule is CCN1CCN(c2c(Cl)cccc2NC(=S)NC(=O)c2cc(Cl)cc(Cl)c2OC)CC1.